The highest BCUT2D eigenvalue weighted by Gasteiger charge is 2.23. The lowest BCUT2D eigenvalue weighted by molar-refractivity contribution is 0.0913. The maximum Gasteiger partial charge on any atom is 0.263 e. The molecule has 0 spiro atoms. The van der Waals surface area contributed by atoms with Crippen molar-refractivity contribution in [3.8, 4) is 5.75 Å². The van der Waals surface area contributed by atoms with E-state index in [9.17, 15) is 9.18 Å². The molecule has 0 atom stereocenters. The quantitative estimate of drug-likeness (QED) is 0.821. The average Bonchev–Trinajstić information content (AvgIpc) is 2.96. The minimum Gasteiger partial charge on any atom is -0.494 e. The Balaban J connectivity index is 1.50. The number of thiophene rings is 1. The molecule has 1 aromatic heterocycles. The molecule has 1 aromatic carbocycles. The van der Waals surface area contributed by atoms with Gasteiger partial charge in [-0.2, -0.15) is 0 Å². The molecule has 2 aromatic rings. The Morgan fingerprint density at radius 3 is 2.73 bits per heavy atom. The van der Waals surface area contributed by atoms with Crippen LogP contribution in [0, 0.1) is 12.7 Å². The molecule has 4 nitrogen and oxygen atoms in total. The minimum atomic E-state index is -0.338. The van der Waals surface area contributed by atoms with Gasteiger partial charge in [-0.3, -0.25) is 9.69 Å². The van der Waals surface area contributed by atoms with E-state index in [2.05, 4.69) is 10.2 Å². The number of methoxy groups -OCH3 is 1. The molecular weight excluding hydrogens is 375 g/mol. The Bertz CT molecular complexity index is 788. The second-order valence-electron chi connectivity index (χ2n) is 6.55. The topological polar surface area (TPSA) is 41.6 Å². The second-order valence-corrected chi connectivity index (χ2v) is 7.81. The van der Waals surface area contributed by atoms with E-state index in [0.29, 0.717) is 16.4 Å². The fraction of sp³-hybridized carbons (Fsp3) is 0.421. The number of halogens is 2. The maximum absolute atomic E-state index is 13.8. The Labute approximate surface area is 161 Å². The summed E-state index contributed by atoms with van der Waals surface area (Å²) in [5, 5.41) is 5.53. The highest BCUT2D eigenvalue weighted by molar-refractivity contribution is 7.13. The van der Waals surface area contributed by atoms with E-state index >= 15 is 0 Å². The zero-order valence-corrected chi connectivity index (χ0v) is 16.4. The largest absolute Gasteiger partial charge is 0.494 e. The number of benzene rings is 1. The van der Waals surface area contributed by atoms with Crippen LogP contribution < -0.4 is 10.1 Å². The normalized spacial score (nSPS) is 15.8. The predicted molar refractivity (Wildman–Crippen MR) is 103 cm³/mol. The van der Waals surface area contributed by atoms with Crippen LogP contribution in [0.1, 0.15) is 33.6 Å². The number of hydrogen-bond donors (Lipinski definition) is 1. The number of nitrogens with one attached hydrogen (secondary N) is 1. The lowest BCUT2D eigenvalue weighted by atomic mass is 10.0. The Kier molecular flexibility index (Phi) is 6.16. The number of piperidine rings is 1. The molecule has 0 aliphatic carbocycles. The first-order valence-electron chi connectivity index (χ1n) is 8.57. The first-order chi connectivity index (χ1) is 12.5. The summed E-state index contributed by atoms with van der Waals surface area (Å²) < 4.78 is 18.8. The molecule has 1 saturated heterocycles. The van der Waals surface area contributed by atoms with E-state index in [-0.39, 0.29) is 23.5 Å². The van der Waals surface area contributed by atoms with Gasteiger partial charge >= 0.3 is 0 Å². The zero-order chi connectivity index (χ0) is 18.7. The van der Waals surface area contributed by atoms with Crippen molar-refractivity contribution in [3.63, 3.8) is 0 Å². The lowest BCUT2D eigenvalue weighted by Gasteiger charge is -2.32. The van der Waals surface area contributed by atoms with Crippen molar-refractivity contribution in [3.05, 3.63) is 50.4 Å². The zero-order valence-electron chi connectivity index (χ0n) is 14.9. The summed E-state index contributed by atoms with van der Waals surface area (Å²) in [6, 6.07) is 5.21. The van der Waals surface area contributed by atoms with Crippen molar-refractivity contribution in [1.29, 1.82) is 0 Å². The second kappa shape index (κ2) is 8.37. The molecule has 7 heteroatoms. The van der Waals surface area contributed by atoms with Crippen molar-refractivity contribution < 1.29 is 13.9 Å². The van der Waals surface area contributed by atoms with Gasteiger partial charge in [-0.15, -0.1) is 11.3 Å². The SMILES string of the molecule is COc1ccc(CN2CCC(NC(=O)c3scc(C)c3Cl)CC2)cc1F. The molecule has 2 heterocycles. The van der Waals surface area contributed by atoms with Gasteiger partial charge in [-0.25, -0.2) is 4.39 Å². The minimum absolute atomic E-state index is 0.0937. The molecule has 0 unspecified atom stereocenters. The molecule has 0 saturated carbocycles. The van der Waals surface area contributed by atoms with E-state index < -0.39 is 0 Å². The van der Waals surface area contributed by atoms with Crippen LogP contribution in [0.15, 0.2) is 23.6 Å². The number of rotatable bonds is 5. The molecule has 26 heavy (non-hydrogen) atoms. The number of ether oxygens (including phenoxy) is 1. The van der Waals surface area contributed by atoms with Gasteiger partial charge in [0.15, 0.2) is 11.6 Å². The molecule has 1 fully saturated rings. The van der Waals surface area contributed by atoms with Crippen molar-refractivity contribution in [2.75, 3.05) is 20.2 Å². The van der Waals surface area contributed by atoms with Gasteiger partial charge < -0.3 is 10.1 Å². The van der Waals surface area contributed by atoms with E-state index in [1.807, 2.05) is 18.4 Å². The summed E-state index contributed by atoms with van der Waals surface area (Å²) in [6.45, 7) is 4.30. The van der Waals surface area contributed by atoms with Crippen LogP contribution >= 0.6 is 22.9 Å². The summed E-state index contributed by atoms with van der Waals surface area (Å²) in [6.07, 6.45) is 1.73. The molecule has 3 rings (SSSR count). The lowest BCUT2D eigenvalue weighted by Crippen LogP contribution is -2.44. The highest BCUT2D eigenvalue weighted by Crippen LogP contribution is 2.27. The van der Waals surface area contributed by atoms with Crippen LogP contribution in [0.3, 0.4) is 0 Å². The highest BCUT2D eigenvalue weighted by atomic mass is 35.5. The number of amides is 1. The number of carbonyl (C=O) groups excluding carboxylic acids is 1. The van der Waals surface area contributed by atoms with Crippen LogP contribution in [-0.2, 0) is 6.54 Å². The van der Waals surface area contributed by atoms with E-state index in [1.54, 1.807) is 6.07 Å². The van der Waals surface area contributed by atoms with Gasteiger partial charge in [0.25, 0.3) is 5.91 Å². The number of aryl methyl sites for hydroxylation is 1. The van der Waals surface area contributed by atoms with Crippen LogP contribution in [-0.4, -0.2) is 37.0 Å². The van der Waals surface area contributed by atoms with Crippen LogP contribution in [0.25, 0.3) is 0 Å². The van der Waals surface area contributed by atoms with Gasteiger partial charge in [-0.1, -0.05) is 17.7 Å². The van der Waals surface area contributed by atoms with Crippen molar-refractivity contribution in [2.24, 2.45) is 0 Å². The monoisotopic (exact) mass is 396 g/mol. The van der Waals surface area contributed by atoms with Crippen LogP contribution in [0.5, 0.6) is 5.75 Å². The van der Waals surface area contributed by atoms with Crippen molar-refractivity contribution in [2.45, 2.75) is 32.4 Å². The predicted octanol–water partition coefficient (Wildman–Crippen LogP) is 4.25. The molecular formula is C19H22ClFN2O2S. The Morgan fingerprint density at radius 1 is 1.42 bits per heavy atom. The average molecular weight is 397 g/mol. The van der Waals surface area contributed by atoms with E-state index in [4.69, 9.17) is 16.3 Å². The molecule has 1 aliphatic rings. The maximum atomic E-state index is 13.8. The summed E-state index contributed by atoms with van der Waals surface area (Å²) in [4.78, 5) is 15.2. The van der Waals surface area contributed by atoms with Crippen LogP contribution in [0.2, 0.25) is 5.02 Å². The summed E-state index contributed by atoms with van der Waals surface area (Å²) >= 11 is 7.55. The number of nitrogens with zero attached hydrogens (tertiary/aromatic N) is 1. The molecule has 0 radical (unpaired) electrons. The first-order valence-corrected chi connectivity index (χ1v) is 9.83. The molecule has 140 valence electrons. The first kappa shape index (κ1) is 19.1. The van der Waals surface area contributed by atoms with Crippen molar-refractivity contribution in [1.82, 2.24) is 10.2 Å². The summed E-state index contributed by atoms with van der Waals surface area (Å²) in [5.41, 5.74) is 1.86. The fourth-order valence-corrected chi connectivity index (χ4v) is 4.32. The van der Waals surface area contributed by atoms with Gasteiger partial charge in [-0.05, 0) is 48.4 Å². The van der Waals surface area contributed by atoms with Gasteiger partial charge in [0, 0.05) is 25.7 Å². The third-order valence-electron chi connectivity index (χ3n) is 4.65. The third kappa shape index (κ3) is 4.37. The Morgan fingerprint density at radius 2 is 2.15 bits per heavy atom. The Hall–Kier alpha value is -1.63. The number of carbonyl (C=O) groups is 1. The van der Waals surface area contributed by atoms with Gasteiger partial charge in [0.2, 0.25) is 0 Å². The van der Waals surface area contributed by atoms with Crippen LogP contribution in [0.4, 0.5) is 4.39 Å². The molecule has 0 bridgehead atoms. The number of likely N-dealkylation sites (tertiary alicyclic amines) is 1. The van der Waals surface area contributed by atoms with Gasteiger partial charge in [0.05, 0.1) is 12.1 Å². The molecule has 1 aliphatic heterocycles. The smallest absolute Gasteiger partial charge is 0.263 e. The van der Waals surface area contributed by atoms with Gasteiger partial charge in [0.1, 0.15) is 4.88 Å². The molecule has 1 amide bonds. The standard InChI is InChI=1S/C19H22ClFN2O2S/c1-12-11-26-18(17(12)20)19(24)22-14-5-7-23(8-6-14)10-13-3-4-16(25-2)15(21)9-13/h3-4,9,11,14H,5-8,10H2,1-2H3,(H,22,24). The number of hydrogen-bond acceptors (Lipinski definition) is 4. The van der Waals surface area contributed by atoms with E-state index in [0.717, 1.165) is 37.1 Å². The van der Waals surface area contributed by atoms with E-state index in [1.165, 1.54) is 24.5 Å². The fourth-order valence-electron chi connectivity index (χ4n) is 3.14. The summed E-state index contributed by atoms with van der Waals surface area (Å²) in [7, 11) is 1.46. The molecule has 1 N–H and O–H groups in total. The third-order valence-corrected chi connectivity index (χ3v) is 6.35. The summed E-state index contributed by atoms with van der Waals surface area (Å²) in [5.74, 6) is -0.170. The van der Waals surface area contributed by atoms with Crippen molar-refractivity contribution >= 4 is 28.8 Å².